The molecular weight excluding hydrogens is 331 g/mol. The van der Waals surface area contributed by atoms with Crippen molar-refractivity contribution in [1.29, 1.82) is 0 Å². The number of benzene rings is 1. The SMILES string of the molecule is CCOC(=O)CCOc1cc(Cl)c(Br)cc1Cl. The van der Waals surface area contributed by atoms with Crippen molar-refractivity contribution in [2.24, 2.45) is 0 Å². The molecule has 0 saturated heterocycles. The molecule has 0 aliphatic heterocycles. The fourth-order valence-electron chi connectivity index (χ4n) is 1.09. The Hall–Kier alpha value is -0.450. The first kappa shape index (κ1) is 14.6. The van der Waals surface area contributed by atoms with Crippen LogP contribution < -0.4 is 4.74 Å². The zero-order valence-corrected chi connectivity index (χ0v) is 12.2. The lowest BCUT2D eigenvalue weighted by Gasteiger charge is -2.09. The van der Waals surface area contributed by atoms with Crippen LogP contribution in [-0.4, -0.2) is 19.2 Å². The minimum atomic E-state index is -0.299. The topological polar surface area (TPSA) is 35.5 Å². The molecule has 0 atom stereocenters. The van der Waals surface area contributed by atoms with Gasteiger partial charge in [0.25, 0.3) is 0 Å². The number of carbonyl (C=O) groups excluding carboxylic acids is 1. The minimum absolute atomic E-state index is 0.178. The van der Waals surface area contributed by atoms with E-state index in [4.69, 9.17) is 32.7 Å². The van der Waals surface area contributed by atoms with Crippen molar-refractivity contribution in [1.82, 2.24) is 0 Å². The quantitative estimate of drug-likeness (QED) is 0.597. The molecule has 94 valence electrons. The summed E-state index contributed by atoms with van der Waals surface area (Å²) in [4.78, 5) is 11.1. The molecule has 1 rings (SSSR count). The average Bonchev–Trinajstić information content (AvgIpc) is 2.26. The summed E-state index contributed by atoms with van der Waals surface area (Å²) in [6.07, 6.45) is 0.178. The molecule has 0 saturated carbocycles. The highest BCUT2D eigenvalue weighted by molar-refractivity contribution is 9.10. The number of rotatable bonds is 5. The highest BCUT2D eigenvalue weighted by Gasteiger charge is 2.08. The van der Waals surface area contributed by atoms with Crippen molar-refractivity contribution >= 4 is 45.1 Å². The molecule has 1 aromatic carbocycles. The fourth-order valence-corrected chi connectivity index (χ4v) is 1.94. The van der Waals surface area contributed by atoms with Gasteiger partial charge in [0.2, 0.25) is 0 Å². The smallest absolute Gasteiger partial charge is 0.309 e. The van der Waals surface area contributed by atoms with Gasteiger partial charge in [-0.15, -0.1) is 0 Å². The maximum Gasteiger partial charge on any atom is 0.309 e. The van der Waals surface area contributed by atoms with E-state index in [9.17, 15) is 4.79 Å². The molecule has 0 radical (unpaired) electrons. The molecule has 0 spiro atoms. The first-order valence-electron chi connectivity index (χ1n) is 4.97. The normalized spacial score (nSPS) is 10.1. The third-order valence-corrected chi connectivity index (χ3v) is 3.34. The Morgan fingerprint density at radius 1 is 1.35 bits per heavy atom. The van der Waals surface area contributed by atoms with Gasteiger partial charge in [-0.2, -0.15) is 0 Å². The van der Waals surface area contributed by atoms with Crippen LogP contribution in [0.1, 0.15) is 13.3 Å². The van der Waals surface area contributed by atoms with Crippen LogP contribution in [0, 0.1) is 0 Å². The van der Waals surface area contributed by atoms with Crippen LogP contribution in [0.2, 0.25) is 10.0 Å². The Balaban J connectivity index is 2.52. The van der Waals surface area contributed by atoms with Gasteiger partial charge < -0.3 is 9.47 Å². The lowest BCUT2D eigenvalue weighted by Crippen LogP contribution is -2.09. The maximum absolute atomic E-state index is 11.1. The molecule has 3 nitrogen and oxygen atoms in total. The number of hydrogen-bond acceptors (Lipinski definition) is 3. The molecule has 0 N–H and O–H groups in total. The van der Waals surface area contributed by atoms with Gasteiger partial charge in [-0.25, -0.2) is 0 Å². The van der Waals surface area contributed by atoms with Crippen molar-refractivity contribution in [3.8, 4) is 5.75 Å². The van der Waals surface area contributed by atoms with Gasteiger partial charge in [0.1, 0.15) is 5.75 Å². The van der Waals surface area contributed by atoms with Gasteiger partial charge in [-0.1, -0.05) is 23.2 Å². The van der Waals surface area contributed by atoms with Crippen molar-refractivity contribution in [2.75, 3.05) is 13.2 Å². The molecule has 0 fully saturated rings. The van der Waals surface area contributed by atoms with E-state index in [2.05, 4.69) is 15.9 Å². The van der Waals surface area contributed by atoms with Crippen LogP contribution in [0.5, 0.6) is 5.75 Å². The van der Waals surface area contributed by atoms with Crippen molar-refractivity contribution < 1.29 is 14.3 Å². The van der Waals surface area contributed by atoms with Gasteiger partial charge in [-0.05, 0) is 28.9 Å². The Kier molecular flexibility index (Phi) is 6.09. The Morgan fingerprint density at radius 3 is 2.71 bits per heavy atom. The van der Waals surface area contributed by atoms with E-state index >= 15 is 0 Å². The van der Waals surface area contributed by atoms with Crippen molar-refractivity contribution in [2.45, 2.75) is 13.3 Å². The van der Waals surface area contributed by atoms with Crippen LogP contribution in [0.25, 0.3) is 0 Å². The van der Waals surface area contributed by atoms with Crippen molar-refractivity contribution in [3.05, 3.63) is 26.7 Å². The predicted octanol–water partition coefficient (Wildman–Crippen LogP) is 4.09. The summed E-state index contributed by atoms with van der Waals surface area (Å²) in [6.45, 7) is 2.32. The van der Waals surface area contributed by atoms with E-state index in [0.29, 0.717) is 26.9 Å². The maximum atomic E-state index is 11.1. The second kappa shape index (κ2) is 7.09. The van der Waals surface area contributed by atoms with E-state index < -0.39 is 0 Å². The zero-order chi connectivity index (χ0) is 12.8. The van der Waals surface area contributed by atoms with Gasteiger partial charge in [-0.3, -0.25) is 4.79 Å². The summed E-state index contributed by atoms with van der Waals surface area (Å²) in [6, 6.07) is 3.24. The lowest BCUT2D eigenvalue weighted by atomic mass is 10.3. The molecule has 0 aromatic heterocycles. The average molecular weight is 342 g/mol. The van der Waals surface area contributed by atoms with Crippen LogP contribution in [0.15, 0.2) is 16.6 Å². The molecule has 6 heteroatoms. The standard InChI is InChI=1S/C11H11BrCl2O3/c1-2-16-11(15)3-4-17-10-6-8(13)7(12)5-9(10)14/h5-6H,2-4H2,1H3. The molecule has 0 bridgehead atoms. The number of hydrogen-bond donors (Lipinski definition) is 0. The molecule has 0 aliphatic carbocycles. The second-order valence-electron chi connectivity index (χ2n) is 3.10. The molecule has 1 aromatic rings. The molecule has 0 amide bonds. The summed E-state index contributed by atoms with van der Waals surface area (Å²) in [5.74, 6) is 0.149. The van der Waals surface area contributed by atoms with Crippen LogP contribution in [0.3, 0.4) is 0 Å². The highest BCUT2D eigenvalue weighted by Crippen LogP contribution is 2.34. The van der Waals surface area contributed by atoms with E-state index in [-0.39, 0.29) is 19.0 Å². The van der Waals surface area contributed by atoms with Gasteiger partial charge in [0, 0.05) is 10.5 Å². The van der Waals surface area contributed by atoms with E-state index in [1.54, 1.807) is 19.1 Å². The molecule has 0 unspecified atom stereocenters. The van der Waals surface area contributed by atoms with Gasteiger partial charge in [0.05, 0.1) is 29.7 Å². The molecule has 0 heterocycles. The van der Waals surface area contributed by atoms with Crippen LogP contribution in [0.4, 0.5) is 0 Å². The highest BCUT2D eigenvalue weighted by atomic mass is 79.9. The second-order valence-corrected chi connectivity index (χ2v) is 4.77. The van der Waals surface area contributed by atoms with Crippen molar-refractivity contribution in [3.63, 3.8) is 0 Å². The van der Waals surface area contributed by atoms with Crippen LogP contribution >= 0.6 is 39.1 Å². The largest absolute Gasteiger partial charge is 0.491 e. The summed E-state index contributed by atoms with van der Waals surface area (Å²) < 4.78 is 10.8. The Bertz CT molecular complexity index is 410. The van der Waals surface area contributed by atoms with Gasteiger partial charge in [0.15, 0.2) is 0 Å². The fraction of sp³-hybridized carbons (Fsp3) is 0.364. The Morgan fingerprint density at radius 2 is 2.06 bits per heavy atom. The monoisotopic (exact) mass is 340 g/mol. The lowest BCUT2D eigenvalue weighted by molar-refractivity contribution is -0.143. The van der Waals surface area contributed by atoms with Crippen LogP contribution in [-0.2, 0) is 9.53 Å². The minimum Gasteiger partial charge on any atom is -0.491 e. The summed E-state index contributed by atoms with van der Waals surface area (Å²) in [5, 5.41) is 0.936. The van der Waals surface area contributed by atoms with E-state index in [1.165, 1.54) is 0 Å². The molecule has 0 aliphatic rings. The number of halogens is 3. The summed E-state index contributed by atoms with van der Waals surface area (Å²) in [5.41, 5.74) is 0. The predicted molar refractivity (Wildman–Crippen MR) is 70.9 cm³/mol. The third-order valence-electron chi connectivity index (χ3n) is 1.84. The first-order valence-corrected chi connectivity index (χ1v) is 6.52. The van der Waals surface area contributed by atoms with E-state index in [1.807, 2.05) is 0 Å². The summed E-state index contributed by atoms with van der Waals surface area (Å²) >= 11 is 15.1. The Labute approximate surface area is 118 Å². The first-order chi connectivity index (χ1) is 8.04. The number of esters is 1. The number of ether oxygens (including phenoxy) is 2. The molecule has 17 heavy (non-hydrogen) atoms. The number of carbonyl (C=O) groups is 1. The zero-order valence-electron chi connectivity index (χ0n) is 9.13. The van der Waals surface area contributed by atoms with Gasteiger partial charge >= 0.3 is 5.97 Å². The molecular formula is C11H11BrCl2O3. The third kappa shape index (κ3) is 4.74. The van der Waals surface area contributed by atoms with E-state index in [0.717, 1.165) is 0 Å². The summed E-state index contributed by atoms with van der Waals surface area (Å²) in [7, 11) is 0.